The van der Waals surface area contributed by atoms with Crippen LogP contribution >= 0.6 is 45.3 Å². The zero-order valence-corrected chi connectivity index (χ0v) is 88.1. The van der Waals surface area contributed by atoms with Crippen molar-refractivity contribution in [3.05, 3.63) is 637 Å². The van der Waals surface area contributed by atoms with E-state index >= 15 is 0 Å². The highest BCUT2D eigenvalue weighted by Crippen LogP contribution is 2.49. The van der Waals surface area contributed by atoms with Crippen molar-refractivity contribution in [2.45, 2.75) is 93.0 Å². The molecule has 22 aromatic carbocycles. The molecule has 2 aromatic heterocycles. The quantitative estimate of drug-likeness (QED) is 0.0528. The SMILES string of the molecule is c1ccc(-[s+]2c3ccccc3c3ccccc32)cc1.c1ccc(-c2cc(-c3ccccc3)[s+]c(-c3ccccc3)c2)cc1.c1ccc(Sc2ccc([S+](c3ccccc3)c3ccccc3)cc2)cc1.c1ccc([S+](c2ccccc2)c2ccc(Oc3ccc([S+](c4ccccc4)c4ccccc4)cc3)cc2)cc1.c1ccc([S+](c2ccccc2)c2ccc(Sc3ccc([S+](c4ccccc4)c4ccccc4)cc3)cc2)cc1. The highest BCUT2D eigenvalue weighted by atomic mass is 32.2. The molecule has 10 heteroatoms. The molecular weight excluding hydrogens is 1950 g/mol. The van der Waals surface area contributed by atoms with Gasteiger partial charge in [-0.1, -0.05) is 333 Å². The Bertz CT molecular complexity index is 7230. The van der Waals surface area contributed by atoms with Crippen molar-refractivity contribution in [2.75, 3.05) is 0 Å². The largest absolute Gasteiger partial charge is 0.457 e. The Morgan fingerprint density at radius 3 is 0.585 bits per heavy atom. The van der Waals surface area contributed by atoms with Crippen LogP contribution in [-0.4, -0.2) is 0 Å². The van der Waals surface area contributed by atoms with Crippen molar-refractivity contribution >= 4 is 120 Å². The molecule has 0 unspecified atom stereocenters. The molecule has 706 valence electrons. The van der Waals surface area contributed by atoms with Crippen molar-refractivity contribution in [1.82, 2.24) is 0 Å². The van der Waals surface area contributed by atoms with Gasteiger partial charge in [0, 0.05) is 64.1 Å². The number of hydrogen-bond acceptors (Lipinski definition) is 3. The number of rotatable bonds is 25. The molecule has 24 rings (SSSR count). The number of ether oxygens (including phenoxy) is 1. The lowest BCUT2D eigenvalue weighted by atomic mass is 10.0. The van der Waals surface area contributed by atoms with Gasteiger partial charge in [0.05, 0.1) is 54.5 Å². The molecule has 0 aliphatic carbocycles. The second-order valence-corrected chi connectivity index (χ2v) is 49.4. The lowest BCUT2D eigenvalue weighted by Gasteiger charge is -2.10. The minimum absolute atomic E-state index is 0.0594. The molecule has 0 atom stereocenters. The summed E-state index contributed by atoms with van der Waals surface area (Å²) in [6, 6.07) is 227. The molecule has 0 N–H and O–H groups in total. The van der Waals surface area contributed by atoms with Gasteiger partial charge in [-0.25, -0.2) is 0 Å². The Morgan fingerprint density at radius 2 is 0.340 bits per heavy atom. The molecule has 1 nitrogen and oxygen atoms in total. The van der Waals surface area contributed by atoms with Crippen molar-refractivity contribution in [3.8, 4) is 48.4 Å². The van der Waals surface area contributed by atoms with Crippen molar-refractivity contribution in [2.24, 2.45) is 0 Å². The monoisotopic (exact) mass is 2050 g/mol. The Labute approximate surface area is 894 Å². The topological polar surface area (TPSA) is 9.23 Å². The van der Waals surface area contributed by atoms with E-state index in [1.54, 1.807) is 11.8 Å². The van der Waals surface area contributed by atoms with Gasteiger partial charge in [-0.2, -0.15) is 0 Å². The summed E-state index contributed by atoms with van der Waals surface area (Å²) in [5.74, 6) is 1.67. The molecule has 0 aliphatic heterocycles. The van der Waals surface area contributed by atoms with E-state index in [1.807, 2.05) is 23.1 Å². The van der Waals surface area contributed by atoms with Crippen molar-refractivity contribution in [3.63, 3.8) is 0 Å². The van der Waals surface area contributed by atoms with E-state index in [4.69, 9.17) is 4.74 Å². The second kappa shape index (κ2) is 51.1. The average molecular weight is 2060 g/mol. The Kier molecular flexibility index (Phi) is 34.5. The van der Waals surface area contributed by atoms with Gasteiger partial charge in [0.1, 0.15) is 11.5 Å². The molecule has 147 heavy (non-hydrogen) atoms. The standard InChI is InChI=1S/C36H28OS2.C36H28S3.C24H19S2.C23H17S.C18H13S/c2*1-5-13-31(14-6-1)38(32-15-7-2-8-16-32)35-25-21-29(22-26-35)37-30-23-27-36(28-24-30)39(33-17-9-3-10-18-33)34-19-11-4-12-20-34;1-4-10-20(11-5-1)25-21-16-18-24(19-17-21)26(22-12-6-2-7-13-22)23-14-8-3-9-15-23;1-4-10-18(11-5-1)21-16-22(19-12-6-2-7-13-19)24-23(17-21)20-14-8-3-9-15-20;1-2-8-14(9-3-1)19-17-12-6-4-10-15(17)16-11-5-7-13-18(16)19/h2*1-28H;1-19H;1-17H;1-13H/q2*+2;3*+1. The lowest BCUT2D eigenvalue weighted by Crippen LogP contribution is -2.04. The maximum atomic E-state index is 6.28. The third-order valence-electron chi connectivity index (χ3n) is 24.0. The van der Waals surface area contributed by atoms with E-state index in [-0.39, 0.29) is 64.9 Å². The van der Waals surface area contributed by atoms with Crippen LogP contribution < -0.4 is 4.74 Å². The molecule has 0 fully saturated rings. The van der Waals surface area contributed by atoms with Crippen LogP contribution in [0.25, 0.3) is 57.1 Å². The zero-order valence-electron chi connectivity index (χ0n) is 80.7. The average Bonchev–Trinajstić information content (AvgIpc) is 1.60. The predicted molar refractivity (Wildman–Crippen MR) is 633 cm³/mol. The van der Waals surface area contributed by atoms with Crippen molar-refractivity contribution in [1.29, 1.82) is 0 Å². The van der Waals surface area contributed by atoms with Crippen LogP contribution in [0.15, 0.2) is 730 Å². The summed E-state index contributed by atoms with van der Waals surface area (Å²) in [5, 5.41) is 2.79. The van der Waals surface area contributed by atoms with E-state index in [9.17, 15) is 0 Å². The lowest BCUT2D eigenvalue weighted by molar-refractivity contribution is 0.482. The van der Waals surface area contributed by atoms with Gasteiger partial charge >= 0.3 is 0 Å². The van der Waals surface area contributed by atoms with Crippen molar-refractivity contribution < 1.29 is 4.74 Å². The zero-order chi connectivity index (χ0) is 99.0. The number of benzene rings is 22. The van der Waals surface area contributed by atoms with Crippen LogP contribution in [0.3, 0.4) is 0 Å². The fraction of sp³-hybridized carbons (Fsp3) is 0. The Hall–Kier alpha value is -15.1. The Balaban J connectivity index is 0.000000114. The molecule has 0 radical (unpaired) electrons. The van der Waals surface area contributed by atoms with Gasteiger partial charge in [-0.15, -0.1) is 0 Å². The van der Waals surface area contributed by atoms with E-state index in [0.717, 1.165) is 11.5 Å². The molecule has 2 heterocycles. The van der Waals surface area contributed by atoms with Crippen LogP contribution in [0.2, 0.25) is 0 Å². The third-order valence-corrected chi connectivity index (χ3v) is 40.7. The summed E-state index contributed by atoms with van der Waals surface area (Å²) in [6.07, 6.45) is 0. The molecule has 0 saturated carbocycles. The molecular formula is C137H105OS9+7. The van der Waals surface area contributed by atoms with E-state index in [0.29, 0.717) is 0 Å². The first kappa shape index (κ1) is 99.2. The molecule has 0 spiro atoms. The van der Waals surface area contributed by atoms with Gasteiger partial charge in [-0.05, 0) is 327 Å². The minimum Gasteiger partial charge on any atom is -0.457 e. The maximum Gasteiger partial charge on any atom is 0.239 e. The van der Waals surface area contributed by atoms with E-state index in [1.165, 1.54) is 150 Å². The summed E-state index contributed by atoms with van der Waals surface area (Å²) in [7, 11) is -0.602. The molecule has 0 saturated heterocycles. The van der Waals surface area contributed by atoms with Crippen LogP contribution in [-0.2, 0) is 54.5 Å². The smallest absolute Gasteiger partial charge is 0.239 e. The summed E-state index contributed by atoms with van der Waals surface area (Å²) in [6.45, 7) is 0. The third kappa shape index (κ3) is 26.1. The number of fused-ring (bicyclic) bond motifs is 3. The molecule has 0 aliphatic rings. The summed E-state index contributed by atoms with van der Waals surface area (Å²) < 4.78 is 9.18. The first-order valence-electron chi connectivity index (χ1n) is 48.9. The molecule has 0 bridgehead atoms. The summed E-state index contributed by atoms with van der Waals surface area (Å²) in [4.78, 5) is 28.9. The fourth-order valence-electron chi connectivity index (χ4n) is 17.2. The normalized spacial score (nSPS) is 10.9. The second-order valence-electron chi connectivity index (χ2n) is 33.9. The van der Waals surface area contributed by atoms with E-state index in [2.05, 4.69) is 637 Å². The van der Waals surface area contributed by atoms with Crippen LogP contribution in [0, 0.1) is 0 Å². The highest BCUT2D eigenvalue weighted by Gasteiger charge is 2.35. The number of hydrogen-bond donors (Lipinski definition) is 0. The molecule has 0 amide bonds. The van der Waals surface area contributed by atoms with Crippen LogP contribution in [0.1, 0.15) is 0 Å². The van der Waals surface area contributed by atoms with Crippen LogP contribution in [0.5, 0.6) is 11.5 Å². The fourth-order valence-corrected chi connectivity index (χ4v) is 32.8. The summed E-state index contributed by atoms with van der Waals surface area (Å²) in [5.41, 5.74) is 5.03. The predicted octanol–water partition coefficient (Wildman–Crippen LogP) is 39.4. The summed E-state index contributed by atoms with van der Waals surface area (Å²) >= 11 is 5.46. The first-order chi connectivity index (χ1) is 72.9. The molecule has 24 aromatic rings. The van der Waals surface area contributed by atoms with E-state index < -0.39 is 0 Å². The number of thiophene rings is 1. The van der Waals surface area contributed by atoms with Gasteiger partial charge in [0.15, 0.2) is 87.7 Å². The maximum absolute atomic E-state index is 6.28. The van der Waals surface area contributed by atoms with Gasteiger partial charge in [0.25, 0.3) is 0 Å². The minimum atomic E-state index is -0.169. The van der Waals surface area contributed by atoms with Gasteiger partial charge in [-0.3, -0.25) is 0 Å². The van der Waals surface area contributed by atoms with Crippen LogP contribution in [0.4, 0.5) is 0 Å². The van der Waals surface area contributed by atoms with Gasteiger partial charge in [0.2, 0.25) is 21.1 Å². The first-order valence-corrected chi connectivity index (χ1v) is 58.7. The highest BCUT2D eigenvalue weighted by molar-refractivity contribution is 8.00. The Morgan fingerprint density at radius 1 is 0.156 bits per heavy atom. The van der Waals surface area contributed by atoms with Gasteiger partial charge < -0.3 is 4.74 Å².